The number of ether oxygens (including phenoxy) is 4. The van der Waals surface area contributed by atoms with Crippen molar-refractivity contribution < 1.29 is 80.2 Å². The lowest BCUT2D eigenvalue weighted by molar-refractivity contribution is -0.161. The number of esters is 4. The molecular weight excluding hydrogens is 1070 g/mol. The summed E-state index contributed by atoms with van der Waals surface area (Å²) in [6.45, 7) is 6.93. The maximum absolute atomic E-state index is 12.9. The fourth-order valence-corrected chi connectivity index (χ4v) is 10.1. The van der Waals surface area contributed by atoms with Gasteiger partial charge in [0.05, 0.1) is 26.4 Å². The van der Waals surface area contributed by atoms with Crippen molar-refractivity contribution in [2.75, 3.05) is 39.6 Å². The Morgan fingerprint density at radius 3 is 1.02 bits per heavy atom. The number of aliphatic hydroxyl groups excluding tert-OH is 1. The van der Waals surface area contributed by atoms with Crippen LogP contribution in [0.5, 0.6) is 0 Å². The molecule has 17 nitrogen and oxygen atoms in total. The molecule has 19 heteroatoms. The molecule has 5 atom stereocenters. The van der Waals surface area contributed by atoms with Gasteiger partial charge in [0.1, 0.15) is 19.3 Å². The molecule has 0 spiro atoms. The highest BCUT2D eigenvalue weighted by molar-refractivity contribution is 7.47. The first kappa shape index (κ1) is 77.5. The fraction of sp³-hybridized carbons (Fsp3) is 0.869. The molecule has 470 valence electrons. The van der Waals surface area contributed by atoms with Crippen molar-refractivity contribution in [3.05, 3.63) is 24.3 Å². The minimum atomic E-state index is -4.95. The molecule has 0 bridgehead atoms. The van der Waals surface area contributed by atoms with Crippen LogP contribution in [-0.4, -0.2) is 96.7 Å². The Morgan fingerprint density at radius 2 is 0.675 bits per heavy atom. The fourth-order valence-electron chi connectivity index (χ4n) is 8.51. The van der Waals surface area contributed by atoms with Gasteiger partial charge in [-0.1, -0.05) is 226 Å². The second-order valence-electron chi connectivity index (χ2n) is 21.9. The summed E-state index contributed by atoms with van der Waals surface area (Å²) in [5.74, 6) is -1.41. The molecule has 0 aliphatic heterocycles. The molecule has 0 saturated carbocycles. The molecule has 80 heavy (non-hydrogen) atoms. The summed E-state index contributed by atoms with van der Waals surface area (Å²) in [6.07, 6.45) is 40.6. The van der Waals surface area contributed by atoms with Crippen LogP contribution < -0.4 is 0 Å². The third kappa shape index (κ3) is 54.8. The topological polar surface area (TPSA) is 237 Å². The van der Waals surface area contributed by atoms with Gasteiger partial charge in [0.25, 0.3) is 0 Å². The molecule has 0 heterocycles. The zero-order valence-electron chi connectivity index (χ0n) is 50.7. The van der Waals surface area contributed by atoms with Crippen LogP contribution in [0.1, 0.15) is 279 Å². The number of unbranched alkanes of at least 4 members (excludes halogenated alkanes) is 28. The van der Waals surface area contributed by atoms with Gasteiger partial charge in [-0.25, -0.2) is 9.13 Å². The van der Waals surface area contributed by atoms with Gasteiger partial charge in [0.15, 0.2) is 12.2 Å². The SMILES string of the molecule is CCCCCC/C=C\C=C/CCCCCCCC(=O)O[C@H](COC(=O)CCCCCCCCCCCCCCC(C)C)COP(=O)(O)OC[C@@H](O)COP(=O)(O)OC[C@@H](COC(=O)CCCCCCC)OC(=O)CCCCCCC. The average Bonchev–Trinajstić information content (AvgIpc) is 3.42. The number of rotatable bonds is 59. The van der Waals surface area contributed by atoms with Gasteiger partial charge in [0, 0.05) is 25.7 Å². The zero-order chi connectivity index (χ0) is 59.2. The van der Waals surface area contributed by atoms with Crippen LogP contribution >= 0.6 is 15.6 Å². The van der Waals surface area contributed by atoms with Gasteiger partial charge in [-0.3, -0.25) is 37.3 Å². The second-order valence-corrected chi connectivity index (χ2v) is 24.8. The lowest BCUT2D eigenvalue weighted by Gasteiger charge is -2.21. The minimum absolute atomic E-state index is 0.0848. The number of phosphoric acid groups is 2. The number of hydrogen-bond acceptors (Lipinski definition) is 15. The van der Waals surface area contributed by atoms with Gasteiger partial charge in [-0.05, 0) is 57.3 Å². The first-order chi connectivity index (χ1) is 38.5. The number of carbonyl (C=O) groups excluding carboxylic acids is 4. The summed E-state index contributed by atoms with van der Waals surface area (Å²) >= 11 is 0. The lowest BCUT2D eigenvalue weighted by atomic mass is 10.0. The standard InChI is InChI=1S/C61H114O17P2/c1-6-9-12-15-16-17-18-19-20-21-26-29-32-37-42-47-61(66)78-57(51-72-59(64)45-40-36-31-28-25-23-22-24-27-30-35-38-43-54(4)5)53-76-80(69,70)74-49-55(62)48-73-79(67,68)75-52-56(77-60(65)46-41-34-14-11-8-3)50-71-58(63)44-39-33-13-10-7-2/h17-20,54-57,62H,6-16,21-53H2,1-5H3,(H,67,68)(H,69,70)/b18-17-,20-19-/t55-,56+,57+/m0/s1. The van der Waals surface area contributed by atoms with Gasteiger partial charge in [-0.15, -0.1) is 0 Å². The second kappa shape index (κ2) is 54.5. The van der Waals surface area contributed by atoms with E-state index in [1.54, 1.807) is 0 Å². The maximum atomic E-state index is 12.9. The highest BCUT2D eigenvalue weighted by atomic mass is 31.2. The maximum Gasteiger partial charge on any atom is 0.472 e. The number of hydrogen-bond donors (Lipinski definition) is 3. The molecule has 0 saturated heterocycles. The molecule has 0 rings (SSSR count). The molecule has 0 aliphatic carbocycles. The Morgan fingerprint density at radius 1 is 0.388 bits per heavy atom. The Bertz CT molecular complexity index is 1660. The Labute approximate surface area is 484 Å². The van der Waals surface area contributed by atoms with Crippen molar-refractivity contribution in [2.45, 2.75) is 297 Å². The smallest absolute Gasteiger partial charge is 0.462 e. The molecule has 0 radical (unpaired) electrons. The first-order valence-electron chi connectivity index (χ1n) is 31.5. The van der Waals surface area contributed by atoms with Crippen LogP contribution in [0, 0.1) is 5.92 Å². The van der Waals surface area contributed by atoms with Crippen LogP contribution in [0.15, 0.2) is 24.3 Å². The van der Waals surface area contributed by atoms with E-state index >= 15 is 0 Å². The van der Waals surface area contributed by atoms with E-state index in [0.29, 0.717) is 25.7 Å². The number of allylic oxidation sites excluding steroid dienone is 4. The molecule has 0 aromatic rings. The minimum Gasteiger partial charge on any atom is -0.462 e. The molecule has 0 amide bonds. The molecule has 0 aromatic heterocycles. The first-order valence-corrected chi connectivity index (χ1v) is 34.4. The quantitative estimate of drug-likeness (QED) is 0.0169. The van der Waals surface area contributed by atoms with E-state index in [0.717, 1.165) is 115 Å². The van der Waals surface area contributed by atoms with Crippen LogP contribution in [0.2, 0.25) is 0 Å². The molecule has 0 fully saturated rings. The van der Waals surface area contributed by atoms with Crippen molar-refractivity contribution in [1.29, 1.82) is 0 Å². The van der Waals surface area contributed by atoms with Crippen LogP contribution in [0.25, 0.3) is 0 Å². The van der Waals surface area contributed by atoms with Crippen LogP contribution in [-0.2, 0) is 65.4 Å². The van der Waals surface area contributed by atoms with Crippen molar-refractivity contribution in [2.24, 2.45) is 5.92 Å². The zero-order valence-corrected chi connectivity index (χ0v) is 52.5. The number of aliphatic hydroxyl groups is 1. The molecule has 0 aromatic carbocycles. The van der Waals surface area contributed by atoms with Gasteiger partial charge >= 0.3 is 39.5 Å². The average molecular weight is 1180 g/mol. The Hall–Kier alpha value is -2.46. The third-order valence-electron chi connectivity index (χ3n) is 13.4. The lowest BCUT2D eigenvalue weighted by Crippen LogP contribution is -2.30. The van der Waals surface area contributed by atoms with E-state index in [1.807, 2.05) is 0 Å². The predicted molar refractivity (Wildman–Crippen MR) is 317 cm³/mol. The Kier molecular flexibility index (Phi) is 52.8. The van der Waals surface area contributed by atoms with Crippen molar-refractivity contribution in [3.8, 4) is 0 Å². The number of phosphoric ester groups is 2. The molecule has 3 N–H and O–H groups in total. The van der Waals surface area contributed by atoms with Crippen LogP contribution in [0.4, 0.5) is 0 Å². The Balaban J connectivity index is 5.16. The summed E-state index contributed by atoms with van der Waals surface area (Å²) in [5.41, 5.74) is 0. The van der Waals surface area contributed by atoms with Gasteiger partial charge in [-0.2, -0.15) is 0 Å². The molecular formula is C61H114O17P2. The highest BCUT2D eigenvalue weighted by Crippen LogP contribution is 2.45. The van der Waals surface area contributed by atoms with E-state index < -0.39 is 97.5 Å². The van der Waals surface area contributed by atoms with Crippen LogP contribution in [0.3, 0.4) is 0 Å². The van der Waals surface area contributed by atoms with E-state index in [1.165, 1.54) is 83.5 Å². The molecule has 0 aliphatic rings. The highest BCUT2D eigenvalue weighted by Gasteiger charge is 2.30. The number of carbonyl (C=O) groups is 4. The summed E-state index contributed by atoms with van der Waals surface area (Å²) in [5, 5.41) is 10.5. The summed E-state index contributed by atoms with van der Waals surface area (Å²) in [7, 11) is -9.87. The summed E-state index contributed by atoms with van der Waals surface area (Å²) in [4.78, 5) is 71.5. The molecule has 2 unspecified atom stereocenters. The third-order valence-corrected chi connectivity index (χ3v) is 15.3. The van der Waals surface area contributed by atoms with E-state index in [4.69, 9.17) is 37.0 Å². The van der Waals surface area contributed by atoms with Gasteiger partial charge in [0.2, 0.25) is 0 Å². The summed E-state index contributed by atoms with van der Waals surface area (Å²) < 4.78 is 67.4. The monoisotopic (exact) mass is 1180 g/mol. The van der Waals surface area contributed by atoms with E-state index in [-0.39, 0.29) is 25.7 Å². The van der Waals surface area contributed by atoms with E-state index in [9.17, 15) is 43.2 Å². The van der Waals surface area contributed by atoms with Crippen molar-refractivity contribution >= 4 is 39.5 Å². The normalized spacial score (nSPS) is 14.5. The summed E-state index contributed by atoms with van der Waals surface area (Å²) in [6, 6.07) is 0. The van der Waals surface area contributed by atoms with E-state index in [2.05, 4.69) is 58.9 Å². The predicted octanol–water partition coefficient (Wildman–Crippen LogP) is 16.2. The van der Waals surface area contributed by atoms with Gasteiger partial charge < -0.3 is 33.8 Å². The van der Waals surface area contributed by atoms with Crippen molar-refractivity contribution in [1.82, 2.24) is 0 Å². The van der Waals surface area contributed by atoms with Crippen molar-refractivity contribution in [3.63, 3.8) is 0 Å². The largest absolute Gasteiger partial charge is 0.472 e.